The average molecular weight is 290 g/mol. The number of rotatable bonds is 4. The molecule has 0 aliphatic heterocycles. The Hall–Kier alpha value is -3.13. The summed E-state index contributed by atoms with van der Waals surface area (Å²) in [4.78, 5) is 16.4. The summed E-state index contributed by atoms with van der Waals surface area (Å²) < 4.78 is 1.95. The number of benzene rings is 2. The smallest absolute Gasteiger partial charge is 0.226 e. The van der Waals surface area contributed by atoms with E-state index >= 15 is 0 Å². The van der Waals surface area contributed by atoms with Crippen LogP contribution in [-0.2, 0) is 11.3 Å². The number of nitrogens with one attached hydrogen (secondary N) is 1. The maximum absolute atomic E-state index is 12.1. The maximum atomic E-state index is 12.1. The summed E-state index contributed by atoms with van der Waals surface area (Å²) in [6, 6.07) is 16.8. The number of imidazole rings is 1. The van der Waals surface area contributed by atoms with Gasteiger partial charge >= 0.3 is 0 Å². The van der Waals surface area contributed by atoms with Crippen molar-refractivity contribution in [3.63, 3.8) is 0 Å². The van der Waals surface area contributed by atoms with E-state index in [4.69, 9.17) is 5.26 Å². The summed E-state index contributed by atoms with van der Waals surface area (Å²) in [6.45, 7) is 0.543. The number of aromatic nitrogens is 2. The van der Waals surface area contributed by atoms with Crippen LogP contribution in [0.1, 0.15) is 12.0 Å². The molecule has 3 aromatic rings. The SMILES string of the molecule is N#Cc1ccccc1NC(=O)CCn1cnc2ccccc21. The fourth-order valence-corrected chi connectivity index (χ4v) is 2.31. The first-order valence-corrected chi connectivity index (χ1v) is 6.97. The number of aryl methyl sites for hydroxylation is 1. The molecule has 0 aliphatic carbocycles. The number of fused-ring (bicyclic) bond motifs is 1. The Morgan fingerprint density at radius 2 is 1.95 bits per heavy atom. The second kappa shape index (κ2) is 6.10. The highest BCUT2D eigenvalue weighted by Gasteiger charge is 2.08. The molecule has 22 heavy (non-hydrogen) atoms. The summed E-state index contributed by atoms with van der Waals surface area (Å²) in [5.74, 6) is -0.125. The molecular formula is C17H14N4O. The van der Waals surface area contributed by atoms with Gasteiger partial charge in [-0.3, -0.25) is 4.79 Å². The molecule has 3 rings (SSSR count). The Morgan fingerprint density at radius 1 is 1.18 bits per heavy atom. The van der Waals surface area contributed by atoms with Gasteiger partial charge in [0.15, 0.2) is 0 Å². The average Bonchev–Trinajstić information content (AvgIpc) is 2.97. The lowest BCUT2D eigenvalue weighted by Gasteiger charge is -2.07. The van der Waals surface area contributed by atoms with Crippen LogP contribution in [-0.4, -0.2) is 15.5 Å². The van der Waals surface area contributed by atoms with Crippen molar-refractivity contribution in [2.75, 3.05) is 5.32 Å². The van der Waals surface area contributed by atoms with Gasteiger partial charge in [0.25, 0.3) is 0 Å². The molecule has 1 aromatic heterocycles. The van der Waals surface area contributed by atoms with Crippen molar-refractivity contribution in [1.29, 1.82) is 5.26 Å². The molecule has 0 fully saturated rings. The molecule has 108 valence electrons. The van der Waals surface area contributed by atoms with Gasteiger partial charge in [-0.2, -0.15) is 5.26 Å². The van der Waals surface area contributed by atoms with Gasteiger partial charge in [0, 0.05) is 13.0 Å². The number of hydrogen-bond donors (Lipinski definition) is 1. The largest absolute Gasteiger partial charge is 0.330 e. The molecule has 5 nitrogen and oxygen atoms in total. The molecular weight excluding hydrogens is 276 g/mol. The molecule has 5 heteroatoms. The number of nitrogens with zero attached hydrogens (tertiary/aromatic N) is 3. The second-order valence-electron chi connectivity index (χ2n) is 4.88. The number of para-hydroxylation sites is 3. The van der Waals surface area contributed by atoms with Crippen LogP contribution < -0.4 is 5.32 Å². The zero-order chi connectivity index (χ0) is 15.4. The summed E-state index contributed by atoms with van der Waals surface area (Å²) in [5, 5.41) is 11.8. The van der Waals surface area contributed by atoms with E-state index in [-0.39, 0.29) is 5.91 Å². The van der Waals surface area contributed by atoms with Gasteiger partial charge in [0.1, 0.15) is 6.07 Å². The van der Waals surface area contributed by atoms with Gasteiger partial charge in [-0.1, -0.05) is 24.3 Å². The molecule has 1 amide bonds. The van der Waals surface area contributed by atoms with Gasteiger partial charge < -0.3 is 9.88 Å². The quantitative estimate of drug-likeness (QED) is 0.803. The van der Waals surface area contributed by atoms with Crippen LogP contribution in [0.2, 0.25) is 0 Å². The van der Waals surface area contributed by atoms with Gasteiger partial charge in [-0.25, -0.2) is 4.98 Å². The lowest BCUT2D eigenvalue weighted by Crippen LogP contribution is -2.15. The van der Waals surface area contributed by atoms with Crippen molar-refractivity contribution < 1.29 is 4.79 Å². The van der Waals surface area contributed by atoms with Gasteiger partial charge in [0.2, 0.25) is 5.91 Å². The molecule has 1 N–H and O–H groups in total. The zero-order valence-corrected chi connectivity index (χ0v) is 11.9. The predicted octanol–water partition coefficient (Wildman–Crippen LogP) is 2.94. The first-order chi connectivity index (χ1) is 10.8. The lowest BCUT2D eigenvalue weighted by atomic mass is 10.2. The monoisotopic (exact) mass is 290 g/mol. The predicted molar refractivity (Wildman–Crippen MR) is 84.1 cm³/mol. The van der Waals surface area contributed by atoms with Gasteiger partial charge in [0.05, 0.1) is 28.6 Å². The Morgan fingerprint density at radius 3 is 2.82 bits per heavy atom. The fourth-order valence-electron chi connectivity index (χ4n) is 2.31. The number of carbonyl (C=O) groups excluding carboxylic acids is 1. The van der Waals surface area contributed by atoms with Crippen LogP contribution in [0.25, 0.3) is 11.0 Å². The highest BCUT2D eigenvalue weighted by Crippen LogP contribution is 2.15. The van der Waals surface area contributed by atoms with Crippen LogP contribution in [0.5, 0.6) is 0 Å². The standard InChI is InChI=1S/C17H14N4O/c18-11-13-5-1-2-6-14(13)20-17(22)9-10-21-12-19-15-7-3-4-8-16(15)21/h1-8,12H,9-10H2,(H,20,22). The molecule has 1 heterocycles. The van der Waals surface area contributed by atoms with Crippen molar-refractivity contribution in [2.45, 2.75) is 13.0 Å². The Labute approximate surface area is 127 Å². The van der Waals surface area contributed by atoms with Crippen molar-refractivity contribution in [3.05, 3.63) is 60.4 Å². The number of nitriles is 1. The van der Waals surface area contributed by atoms with E-state index in [1.807, 2.05) is 28.8 Å². The summed E-state index contributed by atoms with van der Waals surface area (Å²) >= 11 is 0. The van der Waals surface area contributed by atoms with Gasteiger partial charge in [-0.15, -0.1) is 0 Å². The molecule has 0 saturated carbocycles. The topological polar surface area (TPSA) is 70.7 Å². The molecule has 2 aromatic carbocycles. The third-order valence-electron chi connectivity index (χ3n) is 3.43. The third-order valence-corrected chi connectivity index (χ3v) is 3.43. The Bertz CT molecular complexity index is 860. The van der Waals surface area contributed by atoms with Crippen molar-refractivity contribution in [1.82, 2.24) is 9.55 Å². The second-order valence-corrected chi connectivity index (χ2v) is 4.88. The first kappa shape index (κ1) is 13.8. The minimum atomic E-state index is -0.125. The van der Waals surface area contributed by atoms with E-state index in [9.17, 15) is 4.79 Å². The van der Waals surface area contributed by atoms with E-state index in [2.05, 4.69) is 16.4 Å². The maximum Gasteiger partial charge on any atom is 0.226 e. The molecule has 0 bridgehead atoms. The Kier molecular flexibility index (Phi) is 3.84. The normalized spacial score (nSPS) is 10.3. The Balaban J connectivity index is 1.67. The molecule has 0 saturated heterocycles. The van der Waals surface area contributed by atoms with Crippen LogP contribution >= 0.6 is 0 Å². The summed E-state index contributed by atoms with van der Waals surface area (Å²) in [6.07, 6.45) is 2.06. The molecule has 0 aliphatic rings. The van der Waals surface area contributed by atoms with Crippen molar-refractivity contribution in [2.24, 2.45) is 0 Å². The molecule has 0 radical (unpaired) electrons. The number of amides is 1. The van der Waals surface area contributed by atoms with Crippen molar-refractivity contribution >= 4 is 22.6 Å². The number of carbonyl (C=O) groups is 1. The van der Waals surface area contributed by atoms with Gasteiger partial charge in [-0.05, 0) is 24.3 Å². The van der Waals surface area contributed by atoms with Crippen LogP contribution in [0.4, 0.5) is 5.69 Å². The van der Waals surface area contributed by atoms with Crippen LogP contribution in [0.3, 0.4) is 0 Å². The number of hydrogen-bond acceptors (Lipinski definition) is 3. The highest BCUT2D eigenvalue weighted by atomic mass is 16.1. The molecule has 0 atom stereocenters. The van der Waals surface area contributed by atoms with E-state index in [1.165, 1.54) is 0 Å². The van der Waals surface area contributed by atoms with E-state index in [0.717, 1.165) is 11.0 Å². The molecule has 0 unspecified atom stereocenters. The molecule has 0 spiro atoms. The zero-order valence-electron chi connectivity index (χ0n) is 11.9. The van der Waals surface area contributed by atoms with E-state index < -0.39 is 0 Å². The third kappa shape index (κ3) is 2.81. The lowest BCUT2D eigenvalue weighted by molar-refractivity contribution is -0.116. The first-order valence-electron chi connectivity index (χ1n) is 6.97. The highest BCUT2D eigenvalue weighted by molar-refractivity contribution is 5.92. The minimum Gasteiger partial charge on any atom is -0.330 e. The van der Waals surface area contributed by atoms with E-state index in [1.54, 1.807) is 30.6 Å². The fraction of sp³-hybridized carbons (Fsp3) is 0.118. The van der Waals surface area contributed by atoms with E-state index in [0.29, 0.717) is 24.2 Å². The van der Waals surface area contributed by atoms with Crippen molar-refractivity contribution in [3.8, 4) is 6.07 Å². The van der Waals surface area contributed by atoms with Crippen LogP contribution in [0.15, 0.2) is 54.9 Å². The number of anilines is 1. The summed E-state index contributed by atoms with van der Waals surface area (Å²) in [7, 11) is 0. The minimum absolute atomic E-state index is 0.125. The van der Waals surface area contributed by atoms with Crippen LogP contribution in [0, 0.1) is 11.3 Å². The summed E-state index contributed by atoms with van der Waals surface area (Å²) in [5.41, 5.74) is 2.93.